The van der Waals surface area contributed by atoms with Crippen molar-refractivity contribution >= 4 is 0 Å². The Bertz CT molecular complexity index is 548. The number of aromatic nitrogens is 3. The number of rotatable bonds is 2. The average molecular weight is 256 g/mol. The Morgan fingerprint density at radius 3 is 2.79 bits per heavy atom. The van der Waals surface area contributed by atoms with Crippen LogP contribution in [0.4, 0.5) is 0 Å². The SMILES string of the molecule is CC1(c2nc(-c3ccccc3)n[nH]2)CCCCC1N. The van der Waals surface area contributed by atoms with E-state index in [-0.39, 0.29) is 11.5 Å². The van der Waals surface area contributed by atoms with E-state index in [4.69, 9.17) is 5.73 Å². The van der Waals surface area contributed by atoms with Crippen LogP contribution in [0.2, 0.25) is 0 Å². The molecule has 0 amide bonds. The van der Waals surface area contributed by atoms with Crippen LogP contribution < -0.4 is 5.73 Å². The molecule has 1 aliphatic carbocycles. The highest BCUT2D eigenvalue weighted by Crippen LogP contribution is 2.36. The zero-order valence-corrected chi connectivity index (χ0v) is 11.3. The summed E-state index contributed by atoms with van der Waals surface area (Å²) in [5.74, 6) is 1.69. The van der Waals surface area contributed by atoms with E-state index in [0.717, 1.165) is 30.1 Å². The normalized spacial score (nSPS) is 27.4. The first kappa shape index (κ1) is 12.4. The predicted octanol–water partition coefficient (Wildman–Crippen LogP) is 2.63. The van der Waals surface area contributed by atoms with Gasteiger partial charge in [-0.1, -0.05) is 50.1 Å². The van der Waals surface area contributed by atoms with Crippen LogP contribution in [0.25, 0.3) is 11.4 Å². The van der Waals surface area contributed by atoms with Crippen molar-refractivity contribution in [2.24, 2.45) is 5.73 Å². The van der Waals surface area contributed by atoms with Gasteiger partial charge in [-0.25, -0.2) is 4.98 Å². The molecule has 0 bridgehead atoms. The van der Waals surface area contributed by atoms with Gasteiger partial charge in [-0.2, -0.15) is 5.10 Å². The number of hydrogen-bond acceptors (Lipinski definition) is 3. The van der Waals surface area contributed by atoms with Crippen LogP contribution in [0.1, 0.15) is 38.4 Å². The van der Waals surface area contributed by atoms with Crippen LogP contribution in [0.15, 0.2) is 30.3 Å². The van der Waals surface area contributed by atoms with Crippen molar-refractivity contribution in [2.75, 3.05) is 0 Å². The second-order valence-corrected chi connectivity index (χ2v) is 5.64. The molecular formula is C15H20N4. The van der Waals surface area contributed by atoms with Crippen molar-refractivity contribution in [1.82, 2.24) is 15.2 Å². The highest BCUT2D eigenvalue weighted by atomic mass is 15.2. The Hall–Kier alpha value is -1.68. The first-order chi connectivity index (χ1) is 9.20. The summed E-state index contributed by atoms with van der Waals surface area (Å²) in [6.45, 7) is 2.20. The summed E-state index contributed by atoms with van der Waals surface area (Å²) < 4.78 is 0. The second-order valence-electron chi connectivity index (χ2n) is 5.64. The van der Waals surface area contributed by atoms with Gasteiger partial charge >= 0.3 is 0 Å². The number of nitrogens with two attached hydrogens (primary N) is 1. The lowest BCUT2D eigenvalue weighted by Crippen LogP contribution is -2.46. The summed E-state index contributed by atoms with van der Waals surface area (Å²) in [5, 5.41) is 7.45. The summed E-state index contributed by atoms with van der Waals surface area (Å²) in [7, 11) is 0. The lowest BCUT2D eigenvalue weighted by atomic mass is 9.71. The third-order valence-corrected chi connectivity index (χ3v) is 4.34. The lowest BCUT2D eigenvalue weighted by molar-refractivity contribution is 0.259. The molecule has 2 aromatic rings. The summed E-state index contributed by atoms with van der Waals surface area (Å²) >= 11 is 0. The molecule has 1 heterocycles. The minimum atomic E-state index is -0.0712. The van der Waals surface area contributed by atoms with Gasteiger partial charge in [0.2, 0.25) is 0 Å². The van der Waals surface area contributed by atoms with Crippen molar-refractivity contribution in [3.63, 3.8) is 0 Å². The summed E-state index contributed by atoms with van der Waals surface area (Å²) in [6, 6.07) is 10.2. The number of nitrogens with zero attached hydrogens (tertiary/aromatic N) is 2. The van der Waals surface area contributed by atoms with E-state index in [9.17, 15) is 0 Å². The van der Waals surface area contributed by atoms with Gasteiger partial charge in [0.25, 0.3) is 0 Å². The molecule has 3 N–H and O–H groups in total. The fourth-order valence-corrected chi connectivity index (χ4v) is 2.89. The molecule has 1 aliphatic rings. The van der Waals surface area contributed by atoms with Crippen LogP contribution in [-0.2, 0) is 5.41 Å². The van der Waals surface area contributed by atoms with Crippen LogP contribution in [0.5, 0.6) is 0 Å². The zero-order valence-electron chi connectivity index (χ0n) is 11.3. The van der Waals surface area contributed by atoms with E-state index >= 15 is 0 Å². The van der Waals surface area contributed by atoms with Crippen LogP contribution in [0.3, 0.4) is 0 Å². The first-order valence-corrected chi connectivity index (χ1v) is 6.94. The molecule has 3 rings (SSSR count). The average Bonchev–Trinajstić information content (AvgIpc) is 2.94. The molecule has 2 atom stereocenters. The number of aromatic amines is 1. The Kier molecular flexibility index (Phi) is 3.11. The molecular weight excluding hydrogens is 236 g/mol. The largest absolute Gasteiger partial charge is 0.327 e. The van der Waals surface area contributed by atoms with Crippen molar-refractivity contribution < 1.29 is 0 Å². The minimum Gasteiger partial charge on any atom is -0.327 e. The van der Waals surface area contributed by atoms with Gasteiger partial charge in [-0.05, 0) is 12.8 Å². The van der Waals surface area contributed by atoms with Crippen molar-refractivity contribution in [1.29, 1.82) is 0 Å². The smallest absolute Gasteiger partial charge is 0.181 e. The molecule has 0 saturated heterocycles. The minimum absolute atomic E-state index is 0.0712. The highest BCUT2D eigenvalue weighted by Gasteiger charge is 2.38. The Morgan fingerprint density at radius 1 is 1.26 bits per heavy atom. The zero-order chi connectivity index (χ0) is 13.3. The third-order valence-electron chi connectivity index (χ3n) is 4.34. The van der Waals surface area contributed by atoms with Crippen molar-refractivity contribution in [3.05, 3.63) is 36.2 Å². The summed E-state index contributed by atoms with van der Waals surface area (Å²) in [6.07, 6.45) is 4.58. The van der Waals surface area contributed by atoms with Gasteiger partial charge in [-0.15, -0.1) is 0 Å². The molecule has 1 saturated carbocycles. The molecule has 0 spiro atoms. The van der Waals surface area contributed by atoms with Crippen LogP contribution >= 0.6 is 0 Å². The van der Waals surface area contributed by atoms with E-state index in [2.05, 4.69) is 22.1 Å². The van der Waals surface area contributed by atoms with Crippen LogP contribution in [0, 0.1) is 0 Å². The molecule has 4 nitrogen and oxygen atoms in total. The van der Waals surface area contributed by atoms with E-state index in [1.807, 2.05) is 30.3 Å². The van der Waals surface area contributed by atoms with E-state index < -0.39 is 0 Å². The Labute approximate surface area is 113 Å². The van der Waals surface area contributed by atoms with Gasteiger partial charge in [0.05, 0.1) is 0 Å². The molecule has 1 aromatic carbocycles. The van der Waals surface area contributed by atoms with Gasteiger partial charge in [0, 0.05) is 17.0 Å². The monoisotopic (exact) mass is 256 g/mol. The summed E-state index contributed by atoms with van der Waals surface area (Å²) in [4.78, 5) is 4.68. The highest BCUT2D eigenvalue weighted by molar-refractivity contribution is 5.54. The van der Waals surface area contributed by atoms with Gasteiger partial charge in [0.1, 0.15) is 5.82 Å². The molecule has 0 radical (unpaired) electrons. The van der Waals surface area contributed by atoms with Crippen molar-refractivity contribution in [3.8, 4) is 11.4 Å². The Balaban J connectivity index is 1.93. The number of hydrogen-bond donors (Lipinski definition) is 2. The molecule has 100 valence electrons. The molecule has 2 unspecified atom stereocenters. The van der Waals surface area contributed by atoms with E-state index in [1.54, 1.807) is 0 Å². The van der Waals surface area contributed by atoms with Crippen molar-refractivity contribution in [2.45, 2.75) is 44.1 Å². The third kappa shape index (κ3) is 2.16. The predicted molar refractivity (Wildman–Crippen MR) is 75.6 cm³/mol. The number of nitrogens with one attached hydrogen (secondary N) is 1. The molecule has 1 aromatic heterocycles. The summed E-state index contributed by atoms with van der Waals surface area (Å²) in [5.41, 5.74) is 7.27. The second kappa shape index (κ2) is 4.78. The van der Waals surface area contributed by atoms with E-state index in [0.29, 0.717) is 0 Å². The van der Waals surface area contributed by atoms with Crippen LogP contribution in [-0.4, -0.2) is 21.2 Å². The van der Waals surface area contributed by atoms with E-state index in [1.165, 1.54) is 12.8 Å². The number of benzene rings is 1. The molecule has 1 fully saturated rings. The van der Waals surface area contributed by atoms with Gasteiger partial charge in [0.15, 0.2) is 5.82 Å². The topological polar surface area (TPSA) is 67.6 Å². The first-order valence-electron chi connectivity index (χ1n) is 6.94. The Morgan fingerprint density at radius 2 is 2.05 bits per heavy atom. The van der Waals surface area contributed by atoms with Gasteiger partial charge in [-0.3, -0.25) is 5.10 Å². The molecule has 0 aliphatic heterocycles. The molecule has 4 heteroatoms. The molecule has 19 heavy (non-hydrogen) atoms. The standard InChI is InChI=1S/C15H20N4/c1-15(10-6-5-9-12(15)16)14-17-13(18-19-14)11-7-3-2-4-8-11/h2-4,7-8,12H,5-6,9-10,16H2,1H3,(H,17,18,19). The lowest BCUT2D eigenvalue weighted by Gasteiger charge is -2.37. The maximum atomic E-state index is 6.31. The quantitative estimate of drug-likeness (QED) is 0.868. The fraction of sp³-hybridized carbons (Fsp3) is 0.467. The fourth-order valence-electron chi connectivity index (χ4n) is 2.89. The number of H-pyrrole nitrogens is 1. The maximum absolute atomic E-state index is 6.31. The van der Waals surface area contributed by atoms with Gasteiger partial charge < -0.3 is 5.73 Å². The maximum Gasteiger partial charge on any atom is 0.181 e.